The average Bonchev–Trinajstić information content (AvgIpc) is 2.99. The Morgan fingerprint density at radius 1 is 0.860 bits per heavy atom. The maximum Gasteiger partial charge on any atom is 0.331 e. The first-order valence-corrected chi connectivity index (χ1v) is 14.4. The minimum atomic E-state index is -0.951. The molecule has 0 aliphatic rings. The van der Waals surface area contributed by atoms with Crippen LogP contribution in [0.2, 0.25) is 0 Å². The van der Waals surface area contributed by atoms with Crippen LogP contribution in [0.3, 0.4) is 0 Å². The number of nitrogens with one attached hydrogen (secondary N) is 1. The van der Waals surface area contributed by atoms with E-state index in [2.05, 4.69) is 10.3 Å². The lowest BCUT2D eigenvalue weighted by Crippen LogP contribution is -2.14. The van der Waals surface area contributed by atoms with Gasteiger partial charge in [0, 0.05) is 29.4 Å². The SMILES string of the molecule is CCOc1ccc(C(=O)CCC(=O)Nc2cc(-c3ccc(C)cc3)c3cc(/C=C(\CC)C(=O)O)ccc3n2)cc1OCC. The highest BCUT2D eigenvalue weighted by atomic mass is 16.5. The van der Waals surface area contributed by atoms with Gasteiger partial charge in [0.1, 0.15) is 5.82 Å². The molecule has 8 heteroatoms. The van der Waals surface area contributed by atoms with Gasteiger partial charge in [0.25, 0.3) is 0 Å². The van der Waals surface area contributed by atoms with Crippen LogP contribution in [0, 0.1) is 6.92 Å². The van der Waals surface area contributed by atoms with Gasteiger partial charge in [0.05, 0.1) is 18.7 Å². The van der Waals surface area contributed by atoms with Crippen LogP contribution in [0.15, 0.2) is 72.3 Å². The Labute approximate surface area is 251 Å². The predicted molar refractivity (Wildman–Crippen MR) is 169 cm³/mol. The fourth-order valence-corrected chi connectivity index (χ4v) is 4.69. The van der Waals surface area contributed by atoms with Crippen LogP contribution in [0.25, 0.3) is 28.1 Å². The summed E-state index contributed by atoms with van der Waals surface area (Å²) in [5.74, 6) is -0.0343. The Balaban J connectivity index is 1.58. The molecule has 1 amide bonds. The number of benzene rings is 3. The van der Waals surface area contributed by atoms with E-state index in [9.17, 15) is 19.5 Å². The topological polar surface area (TPSA) is 115 Å². The minimum absolute atomic E-state index is 0.0167. The fourth-order valence-electron chi connectivity index (χ4n) is 4.69. The van der Waals surface area contributed by atoms with Crippen molar-refractivity contribution in [1.29, 1.82) is 0 Å². The van der Waals surface area contributed by atoms with Gasteiger partial charge >= 0.3 is 5.97 Å². The van der Waals surface area contributed by atoms with Gasteiger partial charge in [0.15, 0.2) is 17.3 Å². The first-order chi connectivity index (χ1) is 20.7. The molecular formula is C35H36N2O6. The number of aliphatic carboxylic acids is 1. The first-order valence-electron chi connectivity index (χ1n) is 14.4. The summed E-state index contributed by atoms with van der Waals surface area (Å²) in [5, 5.41) is 13.2. The molecule has 0 spiro atoms. The smallest absolute Gasteiger partial charge is 0.331 e. The summed E-state index contributed by atoms with van der Waals surface area (Å²) in [6, 6.07) is 20.4. The number of hydrogen-bond donors (Lipinski definition) is 2. The molecule has 222 valence electrons. The zero-order valence-corrected chi connectivity index (χ0v) is 24.9. The maximum absolute atomic E-state index is 12.9. The number of rotatable bonds is 13. The van der Waals surface area contributed by atoms with E-state index in [4.69, 9.17) is 9.47 Å². The van der Waals surface area contributed by atoms with Gasteiger partial charge in [-0.15, -0.1) is 0 Å². The second-order valence-corrected chi connectivity index (χ2v) is 10.0. The Morgan fingerprint density at radius 3 is 2.26 bits per heavy atom. The summed E-state index contributed by atoms with van der Waals surface area (Å²) in [4.78, 5) is 42.1. The summed E-state index contributed by atoms with van der Waals surface area (Å²) in [6.07, 6.45) is 2.06. The Morgan fingerprint density at radius 2 is 1.58 bits per heavy atom. The zero-order chi connectivity index (χ0) is 30.9. The molecule has 0 fully saturated rings. The number of hydrogen-bond acceptors (Lipinski definition) is 6. The number of Topliss-reactive ketones (excluding diaryl/α,β-unsaturated/α-hetero) is 1. The molecule has 1 aromatic heterocycles. The molecule has 8 nitrogen and oxygen atoms in total. The van der Waals surface area contributed by atoms with E-state index in [1.165, 1.54) is 0 Å². The van der Waals surface area contributed by atoms with Crippen LogP contribution in [0.1, 0.15) is 61.5 Å². The van der Waals surface area contributed by atoms with Crippen LogP contribution in [0.4, 0.5) is 5.82 Å². The Bertz CT molecular complexity index is 1670. The van der Waals surface area contributed by atoms with Crippen molar-refractivity contribution >= 4 is 40.5 Å². The number of carbonyl (C=O) groups excluding carboxylic acids is 2. The Kier molecular flexibility index (Phi) is 10.3. The van der Waals surface area contributed by atoms with Gasteiger partial charge in [0.2, 0.25) is 5.91 Å². The van der Waals surface area contributed by atoms with E-state index < -0.39 is 5.97 Å². The highest BCUT2D eigenvalue weighted by Gasteiger charge is 2.16. The summed E-state index contributed by atoms with van der Waals surface area (Å²) in [5.41, 5.74) is 5.04. The number of carbonyl (C=O) groups is 3. The van der Waals surface area contributed by atoms with Crippen LogP contribution in [0.5, 0.6) is 11.5 Å². The van der Waals surface area contributed by atoms with Crippen molar-refractivity contribution in [1.82, 2.24) is 4.98 Å². The molecule has 4 aromatic rings. The lowest BCUT2D eigenvalue weighted by Gasteiger charge is -2.13. The van der Waals surface area contributed by atoms with Crippen molar-refractivity contribution in [2.45, 2.75) is 47.0 Å². The third-order valence-electron chi connectivity index (χ3n) is 6.90. The average molecular weight is 581 g/mol. The number of carboxylic acids is 1. The molecule has 0 saturated carbocycles. The zero-order valence-electron chi connectivity index (χ0n) is 24.9. The van der Waals surface area contributed by atoms with Gasteiger partial charge in [-0.05, 0) is 86.4 Å². The number of nitrogens with zero attached hydrogens (tertiary/aromatic N) is 1. The normalized spacial score (nSPS) is 11.3. The number of pyridine rings is 1. The molecule has 43 heavy (non-hydrogen) atoms. The number of fused-ring (bicyclic) bond motifs is 1. The summed E-state index contributed by atoms with van der Waals surface area (Å²) in [7, 11) is 0. The molecule has 0 saturated heterocycles. The standard InChI is InChI=1S/C35H36N2O6/c1-5-24(35(40)41)18-23-10-14-29-28(19-23)27(25-11-8-22(4)9-12-25)21-33(36-29)37-34(39)17-15-30(38)26-13-16-31(42-6-2)32(20-26)43-7-3/h8-14,16,18-21H,5-7,15,17H2,1-4H3,(H,40,41)(H,36,37,39)/b24-18+. The van der Waals surface area contributed by atoms with E-state index in [1.54, 1.807) is 37.3 Å². The van der Waals surface area contributed by atoms with Crippen molar-refractivity contribution < 1.29 is 29.0 Å². The molecule has 1 heterocycles. The highest BCUT2D eigenvalue weighted by molar-refractivity contribution is 6.02. The monoisotopic (exact) mass is 580 g/mol. The number of ether oxygens (including phenoxy) is 2. The van der Waals surface area contributed by atoms with Crippen molar-refractivity contribution in [3.63, 3.8) is 0 Å². The molecule has 0 atom stereocenters. The van der Waals surface area contributed by atoms with E-state index in [-0.39, 0.29) is 24.5 Å². The van der Waals surface area contributed by atoms with Crippen LogP contribution in [-0.4, -0.2) is 41.0 Å². The lowest BCUT2D eigenvalue weighted by atomic mass is 9.98. The molecule has 3 aromatic carbocycles. The number of ketones is 1. The second-order valence-electron chi connectivity index (χ2n) is 10.0. The number of carboxylic acid groups (broad SMARTS) is 1. The largest absolute Gasteiger partial charge is 0.490 e. The van der Waals surface area contributed by atoms with Gasteiger partial charge in [-0.25, -0.2) is 9.78 Å². The second kappa shape index (κ2) is 14.3. The third kappa shape index (κ3) is 7.86. The number of anilines is 1. The fraction of sp³-hybridized carbons (Fsp3) is 0.257. The van der Waals surface area contributed by atoms with E-state index in [0.717, 1.165) is 27.6 Å². The molecule has 0 radical (unpaired) electrons. The highest BCUT2D eigenvalue weighted by Crippen LogP contribution is 2.32. The molecule has 2 N–H and O–H groups in total. The lowest BCUT2D eigenvalue weighted by molar-refractivity contribution is -0.132. The van der Waals surface area contributed by atoms with Crippen molar-refractivity contribution in [2.75, 3.05) is 18.5 Å². The van der Waals surface area contributed by atoms with Crippen molar-refractivity contribution in [3.05, 3.63) is 89.0 Å². The third-order valence-corrected chi connectivity index (χ3v) is 6.90. The summed E-state index contributed by atoms with van der Waals surface area (Å²) in [6.45, 7) is 8.46. The quantitative estimate of drug-likeness (QED) is 0.124. The van der Waals surface area contributed by atoms with E-state index in [0.29, 0.717) is 53.6 Å². The molecule has 0 bridgehead atoms. The van der Waals surface area contributed by atoms with E-state index in [1.807, 2.05) is 63.2 Å². The van der Waals surface area contributed by atoms with Crippen LogP contribution in [-0.2, 0) is 9.59 Å². The molecule has 0 aliphatic heterocycles. The number of aromatic nitrogens is 1. The van der Waals surface area contributed by atoms with Gasteiger partial charge in [-0.2, -0.15) is 0 Å². The number of aryl methyl sites for hydroxylation is 1. The molecular weight excluding hydrogens is 544 g/mol. The van der Waals surface area contributed by atoms with Gasteiger partial charge in [-0.3, -0.25) is 9.59 Å². The maximum atomic E-state index is 12.9. The molecule has 0 unspecified atom stereocenters. The first kappa shape index (κ1) is 31.0. The Hall–Kier alpha value is -4.98. The van der Waals surface area contributed by atoms with Crippen LogP contribution < -0.4 is 14.8 Å². The van der Waals surface area contributed by atoms with Crippen LogP contribution >= 0.6 is 0 Å². The predicted octanol–water partition coefficient (Wildman–Crippen LogP) is 7.49. The molecule has 0 aliphatic carbocycles. The van der Waals surface area contributed by atoms with Crippen molar-refractivity contribution in [3.8, 4) is 22.6 Å². The summed E-state index contributed by atoms with van der Waals surface area (Å²) < 4.78 is 11.2. The molecule has 4 rings (SSSR count). The van der Waals surface area contributed by atoms with Crippen molar-refractivity contribution in [2.24, 2.45) is 0 Å². The van der Waals surface area contributed by atoms with E-state index >= 15 is 0 Å². The minimum Gasteiger partial charge on any atom is -0.490 e. The number of amides is 1. The van der Waals surface area contributed by atoms with Gasteiger partial charge in [-0.1, -0.05) is 42.8 Å². The summed E-state index contributed by atoms with van der Waals surface area (Å²) >= 11 is 0. The van der Waals surface area contributed by atoms with Gasteiger partial charge < -0.3 is 19.9 Å².